The van der Waals surface area contributed by atoms with E-state index in [2.05, 4.69) is 10.6 Å². The molecule has 0 bridgehead atoms. The average molecular weight is 431 g/mol. The zero-order valence-corrected chi connectivity index (χ0v) is 18.1. The molecule has 2 N–H and O–H groups in total. The van der Waals surface area contributed by atoms with E-state index >= 15 is 0 Å². The highest BCUT2D eigenvalue weighted by Crippen LogP contribution is 2.28. The summed E-state index contributed by atoms with van der Waals surface area (Å²) < 4.78 is 10.6. The molecule has 3 rings (SSSR count). The maximum atomic E-state index is 13.0. The van der Waals surface area contributed by atoms with Gasteiger partial charge in [0.15, 0.2) is 11.5 Å². The van der Waals surface area contributed by atoms with E-state index in [0.29, 0.717) is 30.2 Å². The van der Waals surface area contributed by atoms with Gasteiger partial charge in [-0.25, -0.2) is 0 Å². The van der Waals surface area contributed by atoms with Crippen LogP contribution in [0.4, 0.5) is 0 Å². The van der Waals surface area contributed by atoms with Crippen molar-refractivity contribution in [1.29, 1.82) is 0 Å². The van der Waals surface area contributed by atoms with Crippen LogP contribution in [0.1, 0.15) is 16.7 Å². The Morgan fingerprint density at radius 1 is 0.719 bits per heavy atom. The third-order valence-corrected chi connectivity index (χ3v) is 4.80. The lowest BCUT2D eigenvalue weighted by molar-refractivity contribution is -0.123. The van der Waals surface area contributed by atoms with Gasteiger partial charge in [-0.15, -0.1) is 0 Å². The molecule has 0 aliphatic rings. The molecule has 3 aromatic carbocycles. The number of amides is 2. The average Bonchev–Trinajstić information content (AvgIpc) is 2.85. The standard InChI is InChI=1S/C26H26N2O4/c1-31-23-14-13-21(16-24(23)32-2)15-22(25(29)27-17-19-9-5-3-6-10-19)26(30)28-18-20-11-7-4-8-12-20/h3-16H,17-18H2,1-2H3,(H,27,29)(H,28,30). The molecule has 0 atom stereocenters. The van der Waals surface area contributed by atoms with Crippen LogP contribution in [0.3, 0.4) is 0 Å². The molecule has 0 aliphatic carbocycles. The predicted octanol–water partition coefficient (Wildman–Crippen LogP) is 3.72. The maximum Gasteiger partial charge on any atom is 0.257 e. The highest BCUT2D eigenvalue weighted by molar-refractivity contribution is 6.21. The van der Waals surface area contributed by atoms with E-state index in [1.807, 2.05) is 60.7 Å². The molecule has 0 aromatic heterocycles. The summed E-state index contributed by atoms with van der Waals surface area (Å²) in [5.74, 6) is 0.145. The molecule has 0 radical (unpaired) electrons. The molecule has 0 spiro atoms. The molecule has 0 aliphatic heterocycles. The van der Waals surface area contributed by atoms with E-state index in [9.17, 15) is 9.59 Å². The van der Waals surface area contributed by atoms with Crippen molar-refractivity contribution in [2.45, 2.75) is 13.1 Å². The van der Waals surface area contributed by atoms with Gasteiger partial charge in [0.1, 0.15) is 5.57 Å². The number of carbonyl (C=O) groups is 2. The third-order valence-electron chi connectivity index (χ3n) is 4.80. The Kier molecular flexibility index (Phi) is 8.03. The zero-order chi connectivity index (χ0) is 22.8. The normalized spacial score (nSPS) is 10.1. The van der Waals surface area contributed by atoms with E-state index in [-0.39, 0.29) is 5.57 Å². The molecule has 164 valence electrons. The minimum Gasteiger partial charge on any atom is -0.493 e. The van der Waals surface area contributed by atoms with E-state index in [4.69, 9.17) is 9.47 Å². The first-order chi connectivity index (χ1) is 15.6. The van der Waals surface area contributed by atoms with Crippen LogP contribution in [-0.2, 0) is 22.7 Å². The van der Waals surface area contributed by atoms with Gasteiger partial charge >= 0.3 is 0 Å². The van der Waals surface area contributed by atoms with Crippen LogP contribution < -0.4 is 20.1 Å². The van der Waals surface area contributed by atoms with Gasteiger partial charge in [-0.05, 0) is 34.9 Å². The van der Waals surface area contributed by atoms with Crippen molar-refractivity contribution in [3.8, 4) is 11.5 Å². The number of carbonyl (C=O) groups excluding carboxylic acids is 2. The lowest BCUT2D eigenvalue weighted by atomic mass is 10.1. The fourth-order valence-corrected chi connectivity index (χ4v) is 3.09. The van der Waals surface area contributed by atoms with Crippen molar-refractivity contribution < 1.29 is 19.1 Å². The molecule has 0 unspecified atom stereocenters. The number of ether oxygens (including phenoxy) is 2. The highest BCUT2D eigenvalue weighted by atomic mass is 16.5. The number of hydrogen-bond acceptors (Lipinski definition) is 4. The van der Waals surface area contributed by atoms with Gasteiger partial charge in [-0.3, -0.25) is 9.59 Å². The van der Waals surface area contributed by atoms with E-state index in [1.54, 1.807) is 31.4 Å². The van der Waals surface area contributed by atoms with E-state index in [0.717, 1.165) is 11.1 Å². The summed E-state index contributed by atoms with van der Waals surface area (Å²) in [6.07, 6.45) is 1.54. The fourth-order valence-electron chi connectivity index (χ4n) is 3.09. The second-order valence-electron chi connectivity index (χ2n) is 7.01. The molecule has 6 nitrogen and oxygen atoms in total. The minimum absolute atomic E-state index is 0.00378. The van der Waals surface area contributed by atoms with Gasteiger partial charge in [0.2, 0.25) is 0 Å². The Bertz CT molecular complexity index is 1020. The van der Waals surface area contributed by atoms with Crippen LogP contribution in [0.2, 0.25) is 0 Å². The van der Waals surface area contributed by atoms with Crippen LogP contribution in [0, 0.1) is 0 Å². The summed E-state index contributed by atoms with van der Waals surface area (Å²) in [6, 6.07) is 24.2. The van der Waals surface area contributed by atoms with Crippen LogP contribution in [0.25, 0.3) is 6.08 Å². The second kappa shape index (κ2) is 11.4. The Hall–Kier alpha value is -4.06. The predicted molar refractivity (Wildman–Crippen MR) is 124 cm³/mol. The summed E-state index contributed by atoms with van der Waals surface area (Å²) in [4.78, 5) is 25.9. The van der Waals surface area contributed by atoms with Gasteiger partial charge in [0.25, 0.3) is 11.8 Å². The van der Waals surface area contributed by atoms with Gasteiger partial charge in [0, 0.05) is 13.1 Å². The molecule has 0 saturated heterocycles. The smallest absolute Gasteiger partial charge is 0.257 e. The Morgan fingerprint density at radius 2 is 1.22 bits per heavy atom. The molecule has 0 fully saturated rings. The highest BCUT2D eigenvalue weighted by Gasteiger charge is 2.18. The lowest BCUT2D eigenvalue weighted by Crippen LogP contribution is -2.34. The van der Waals surface area contributed by atoms with Crippen molar-refractivity contribution in [3.63, 3.8) is 0 Å². The van der Waals surface area contributed by atoms with E-state index < -0.39 is 11.8 Å². The van der Waals surface area contributed by atoms with Gasteiger partial charge in [-0.2, -0.15) is 0 Å². The number of nitrogens with one attached hydrogen (secondary N) is 2. The quantitative estimate of drug-likeness (QED) is 0.308. The number of hydrogen-bond donors (Lipinski definition) is 2. The summed E-state index contributed by atoms with van der Waals surface area (Å²) in [5, 5.41) is 5.65. The summed E-state index contributed by atoms with van der Waals surface area (Å²) >= 11 is 0. The summed E-state index contributed by atoms with van der Waals surface area (Å²) in [7, 11) is 3.08. The number of benzene rings is 3. The monoisotopic (exact) mass is 430 g/mol. The first kappa shape index (κ1) is 22.6. The van der Waals surface area contributed by atoms with Crippen molar-refractivity contribution >= 4 is 17.9 Å². The molecule has 0 heterocycles. The van der Waals surface area contributed by atoms with Crippen LogP contribution >= 0.6 is 0 Å². The topological polar surface area (TPSA) is 76.7 Å². The first-order valence-corrected chi connectivity index (χ1v) is 10.2. The summed E-state index contributed by atoms with van der Waals surface area (Å²) in [5.41, 5.74) is 2.53. The Labute approximate surface area is 187 Å². The van der Waals surface area contributed by atoms with Crippen LogP contribution in [-0.4, -0.2) is 26.0 Å². The van der Waals surface area contributed by atoms with E-state index in [1.165, 1.54) is 7.11 Å². The minimum atomic E-state index is -0.464. The zero-order valence-electron chi connectivity index (χ0n) is 18.1. The molecule has 32 heavy (non-hydrogen) atoms. The number of methoxy groups -OCH3 is 2. The van der Waals surface area contributed by atoms with Crippen LogP contribution in [0.5, 0.6) is 11.5 Å². The SMILES string of the molecule is COc1ccc(C=C(C(=O)NCc2ccccc2)C(=O)NCc2ccccc2)cc1OC. The Morgan fingerprint density at radius 3 is 1.69 bits per heavy atom. The molecule has 2 amide bonds. The second-order valence-corrected chi connectivity index (χ2v) is 7.01. The molecule has 0 saturated carbocycles. The van der Waals surface area contributed by atoms with Crippen molar-refractivity contribution in [2.24, 2.45) is 0 Å². The first-order valence-electron chi connectivity index (χ1n) is 10.2. The fraction of sp³-hybridized carbons (Fsp3) is 0.154. The molecule has 3 aromatic rings. The largest absolute Gasteiger partial charge is 0.493 e. The summed E-state index contributed by atoms with van der Waals surface area (Å²) in [6.45, 7) is 0.629. The molecular formula is C26H26N2O4. The Balaban J connectivity index is 1.83. The number of rotatable bonds is 9. The maximum absolute atomic E-state index is 13.0. The van der Waals surface area contributed by atoms with Gasteiger partial charge in [-0.1, -0.05) is 66.7 Å². The van der Waals surface area contributed by atoms with Crippen molar-refractivity contribution in [3.05, 3.63) is 101 Å². The third kappa shape index (κ3) is 6.22. The van der Waals surface area contributed by atoms with Crippen LogP contribution in [0.15, 0.2) is 84.4 Å². The molecular weight excluding hydrogens is 404 g/mol. The van der Waals surface area contributed by atoms with Crippen molar-refractivity contribution in [1.82, 2.24) is 10.6 Å². The van der Waals surface area contributed by atoms with Gasteiger partial charge < -0.3 is 20.1 Å². The van der Waals surface area contributed by atoms with Gasteiger partial charge in [0.05, 0.1) is 14.2 Å². The molecule has 6 heteroatoms. The lowest BCUT2D eigenvalue weighted by Gasteiger charge is -2.12. The van der Waals surface area contributed by atoms with Crippen molar-refractivity contribution in [2.75, 3.05) is 14.2 Å².